The highest BCUT2D eigenvalue weighted by Crippen LogP contribution is 2.14. The molecular weight excluding hydrogens is 216 g/mol. The highest BCUT2D eigenvalue weighted by molar-refractivity contribution is 5.77. The second kappa shape index (κ2) is 5.43. The maximum Gasteiger partial charge on any atom is 0.223 e. The lowest BCUT2D eigenvalue weighted by Gasteiger charge is -2.39. The third-order valence-electron chi connectivity index (χ3n) is 2.73. The summed E-state index contributed by atoms with van der Waals surface area (Å²) in [7, 11) is 0. The maximum atomic E-state index is 11.6. The zero-order valence-corrected chi connectivity index (χ0v) is 9.67. The number of hydrogen-bond donors (Lipinski definition) is 1. The molecule has 1 saturated heterocycles. The molecule has 5 nitrogen and oxygen atoms in total. The number of carbonyl (C=O) groups excluding carboxylic acids is 1. The summed E-state index contributed by atoms with van der Waals surface area (Å²) in [4.78, 5) is 21.4. The molecule has 1 aliphatic heterocycles. The second-order valence-electron chi connectivity index (χ2n) is 4.06. The molecular formula is C12H16N4O. The van der Waals surface area contributed by atoms with Gasteiger partial charge in [0, 0.05) is 25.7 Å². The maximum absolute atomic E-state index is 11.6. The van der Waals surface area contributed by atoms with Crippen molar-refractivity contribution in [3.63, 3.8) is 0 Å². The Balaban J connectivity index is 1.72. The number of allylic oxidation sites excluding steroid dienone is 1. The van der Waals surface area contributed by atoms with Gasteiger partial charge in [0.05, 0.1) is 6.04 Å². The van der Waals surface area contributed by atoms with Gasteiger partial charge in [0.15, 0.2) is 0 Å². The van der Waals surface area contributed by atoms with E-state index in [-0.39, 0.29) is 5.91 Å². The van der Waals surface area contributed by atoms with Gasteiger partial charge in [0.25, 0.3) is 0 Å². The van der Waals surface area contributed by atoms with Crippen molar-refractivity contribution in [3.05, 3.63) is 31.2 Å². The zero-order chi connectivity index (χ0) is 12.1. The van der Waals surface area contributed by atoms with Gasteiger partial charge in [-0.2, -0.15) is 0 Å². The molecule has 1 amide bonds. The summed E-state index contributed by atoms with van der Waals surface area (Å²) in [6.45, 7) is 5.11. The first-order valence-electron chi connectivity index (χ1n) is 5.71. The largest absolute Gasteiger partial charge is 0.364 e. The van der Waals surface area contributed by atoms with Crippen LogP contribution in [0.25, 0.3) is 0 Å². The van der Waals surface area contributed by atoms with E-state index in [1.807, 2.05) is 11.0 Å². The second-order valence-corrected chi connectivity index (χ2v) is 4.06. The normalized spacial score (nSPS) is 15.2. The van der Waals surface area contributed by atoms with E-state index < -0.39 is 0 Å². The molecule has 0 atom stereocenters. The smallest absolute Gasteiger partial charge is 0.223 e. The Hall–Kier alpha value is -1.91. The van der Waals surface area contributed by atoms with Crippen LogP contribution in [0.15, 0.2) is 31.2 Å². The third kappa shape index (κ3) is 3.03. The van der Waals surface area contributed by atoms with Crippen molar-refractivity contribution in [3.8, 4) is 0 Å². The van der Waals surface area contributed by atoms with E-state index in [9.17, 15) is 4.79 Å². The number of hydrogen-bond acceptors (Lipinski definition) is 4. The van der Waals surface area contributed by atoms with Crippen LogP contribution in [0.5, 0.6) is 0 Å². The fourth-order valence-corrected chi connectivity index (χ4v) is 1.74. The van der Waals surface area contributed by atoms with Gasteiger partial charge >= 0.3 is 0 Å². The lowest BCUT2D eigenvalue weighted by molar-refractivity contribution is -0.135. The zero-order valence-electron chi connectivity index (χ0n) is 9.67. The lowest BCUT2D eigenvalue weighted by Crippen LogP contribution is -2.57. The van der Waals surface area contributed by atoms with Crippen LogP contribution >= 0.6 is 0 Å². The van der Waals surface area contributed by atoms with E-state index in [1.165, 1.54) is 6.33 Å². The summed E-state index contributed by atoms with van der Waals surface area (Å²) in [5.74, 6) is 1.01. The van der Waals surface area contributed by atoms with Crippen molar-refractivity contribution in [2.75, 3.05) is 18.4 Å². The van der Waals surface area contributed by atoms with Crippen molar-refractivity contribution < 1.29 is 4.79 Å². The Morgan fingerprint density at radius 1 is 1.65 bits per heavy atom. The number of nitrogens with one attached hydrogen (secondary N) is 1. The highest BCUT2D eigenvalue weighted by Gasteiger charge is 2.29. The Kier molecular flexibility index (Phi) is 3.69. The Labute approximate surface area is 101 Å². The van der Waals surface area contributed by atoms with Crippen LogP contribution in [0.3, 0.4) is 0 Å². The first-order chi connectivity index (χ1) is 8.29. The average molecular weight is 232 g/mol. The Morgan fingerprint density at radius 3 is 3.12 bits per heavy atom. The monoisotopic (exact) mass is 232 g/mol. The summed E-state index contributed by atoms with van der Waals surface area (Å²) < 4.78 is 0. The van der Waals surface area contributed by atoms with Gasteiger partial charge < -0.3 is 10.2 Å². The van der Waals surface area contributed by atoms with Gasteiger partial charge in [-0.15, -0.1) is 6.58 Å². The fourth-order valence-electron chi connectivity index (χ4n) is 1.74. The van der Waals surface area contributed by atoms with E-state index in [1.54, 1.807) is 12.3 Å². The number of anilines is 1. The molecule has 0 spiro atoms. The van der Waals surface area contributed by atoms with Gasteiger partial charge in [-0.3, -0.25) is 4.79 Å². The first-order valence-corrected chi connectivity index (χ1v) is 5.71. The summed E-state index contributed by atoms with van der Waals surface area (Å²) >= 11 is 0. The van der Waals surface area contributed by atoms with E-state index >= 15 is 0 Å². The van der Waals surface area contributed by atoms with Crippen LogP contribution in [0.4, 0.5) is 5.82 Å². The minimum Gasteiger partial charge on any atom is -0.364 e. The van der Waals surface area contributed by atoms with Crippen LogP contribution in [-0.2, 0) is 4.79 Å². The van der Waals surface area contributed by atoms with Gasteiger partial charge in [-0.25, -0.2) is 9.97 Å². The molecule has 1 aliphatic rings. The SMILES string of the molecule is C=CCCC(=O)N1CC(Nc2ccncn2)C1. The number of nitrogens with zero attached hydrogens (tertiary/aromatic N) is 3. The fraction of sp³-hybridized carbons (Fsp3) is 0.417. The van der Waals surface area contributed by atoms with Crippen LogP contribution in [-0.4, -0.2) is 39.9 Å². The first kappa shape index (κ1) is 11.6. The van der Waals surface area contributed by atoms with Crippen LogP contribution in [0, 0.1) is 0 Å². The molecule has 5 heteroatoms. The molecule has 1 N–H and O–H groups in total. The molecule has 0 bridgehead atoms. The molecule has 0 aromatic carbocycles. The average Bonchev–Trinajstić information content (AvgIpc) is 2.31. The molecule has 0 radical (unpaired) electrons. The number of likely N-dealkylation sites (tertiary alicyclic amines) is 1. The van der Waals surface area contributed by atoms with E-state index in [4.69, 9.17) is 0 Å². The Morgan fingerprint density at radius 2 is 2.47 bits per heavy atom. The lowest BCUT2D eigenvalue weighted by atomic mass is 10.1. The molecule has 2 heterocycles. The molecule has 2 rings (SSSR count). The van der Waals surface area contributed by atoms with Gasteiger partial charge in [0.1, 0.15) is 12.1 Å². The van der Waals surface area contributed by atoms with Crippen molar-refractivity contribution in [2.24, 2.45) is 0 Å². The summed E-state index contributed by atoms with van der Waals surface area (Å²) in [5, 5.41) is 3.25. The molecule has 17 heavy (non-hydrogen) atoms. The van der Waals surface area contributed by atoms with Crippen LogP contribution < -0.4 is 5.32 Å². The summed E-state index contributed by atoms with van der Waals surface area (Å²) in [6.07, 6.45) is 6.28. The summed E-state index contributed by atoms with van der Waals surface area (Å²) in [6, 6.07) is 2.12. The predicted molar refractivity (Wildman–Crippen MR) is 65.5 cm³/mol. The topological polar surface area (TPSA) is 58.1 Å². The van der Waals surface area contributed by atoms with Crippen LogP contribution in [0.1, 0.15) is 12.8 Å². The van der Waals surface area contributed by atoms with Crippen molar-refractivity contribution in [1.82, 2.24) is 14.9 Å². The third-order valence-corrected chi connectivity index (χ3v) is 2.73. The number of carbonyl (C=O) groups is 1. The van der Waals surface area contributed by atoms with Crippen molar-refractivity contribution in [1.29, 1.82) is 0 Å². The molecule has 0 unspecified atom stereocenters. The van der Waals surface area contributed by atoms with Gasteiger partial charge in [-0.1, -0.05) is 6.08 Å². The molecule has 0 saturated carbocycles. The van der Waals surface area contributed by atoms with E-state index in [0.29, 0.717) is 12.5 Å². The van der Waals surface area contributed by atoms with Crippen molar-refractivity contribution in [2.45, 2.75) is 18.9 Å². The molecule has 90 valence electrons. The number of aromatic nitrogens is 2. The minimum absolute atomic E-state index is 0.200. The molecule has 0 aliphatic carbocycles. The van der Waals surface area contributed by atoms with Gasteiger partial charge in [0.2, 0.25) is 5.91 Å². The number of amides is 1. The molecule has 1 fully saturated rings. The summed E-state index contributed by atoms with van der Waals surface area (Å²) in [5.41, 5.74) is 0. The highest BCUT2D eigenvalue weighted by atomic mass is 16.2. The number of rotatable bonds is 5. The minimum atomic E-state index is 0.200. The molecule has 1 aromatic rings. The van der Waals surface area contributed by atoms with E-state index in [2.05, 4.69) is 21.9 Å². The Bertz CT molecular complexity index is 387. The van der Waals surface area contributed by atoms with Crippen LogP contribution in [0.2, 0.25) is 0 Å². The standard InChI is InChI=1S/C12H16N4O/c1-2-3-4-12(17)16-7-10(8-16)15-11-5-6-13-9-14-11/h2,5-6,9-10H,1,3-4,7-8H2,(H,13,14,15). The quantitative estimate of drug-likeness (QED) is 0.771. The van der Waals surface area contributed by atoms with Crippen molar-refractivity contribution >= 4 is 11.7 Å². The predicted octanol–water partition coefficient (Wildman–Crippen LogP) is 1.07. The van der Waals surface area contributed by atoms with Gasteiger partial charge in [-0.05, 0) is 12.5 Å². The molecule has 1 aromatic heterocycles. The van der Waals surface area contributed by atoms with E-state index in [0.717, 1.165) is 25.3 Å².